The van der Waals surface area contributed by atoms with E-state index in [1.54, 1.807) is 44.2 Å². The van der Waals surface area contributed by atoms with E-state index >= 15 is 0 Å². The number of ether oxygens (including phenoxy) is 1. The van der Waals surface area contributed by atoms with E-state index in [-0.39, 0.29) is 11.4 Å². The van der Waals surface area contributed by atoms with Gasteiger partial charge < -0.3 is 19.8 Å². The van der Waals surface area contributed by atoms with E-state index < -0.39 is 18.6 Å². The Hall–Kier alpha value is -3.16. The van der Waals surface area contributed by atoms with E-state index in [9.17, 15) is 13.6 Å². The zero-order valence-electron chi connectivity index (χ0n) is 14.1. The van der Waals surface area contributed by atoms with Crippen LogP contribution in [0, 0.1) is 6.92 Å². The Balaban J connectivity index is 1.69. The van der Waals surface area contributed by atoms with Crippen molar-refractivity contribution in [3.63, 3.8) is 0 Å². The number of alkyl halides is 2. The zero-order chi connectivity index (χ0) is 18.7. The molecule has 1 aromatic heterocycles. The molecule has 3 aromatic rings. The van der Waals surface area contributed by atoms with Gasteiger partial charge in [-0.3, -0.25) is 4.79 Å². The number of hydrogen-bond donors (Lipinski definition) is 2. The van der Waals surface area contributed by atoms with Crippen LogP contribution in [0.5, 0.6) is 5.75 Å². The van der Waals surface area contributed by atoms with Gasteiger partial charge in [-0.15, -0.1) is 0 Å². The summed E-state index contributed by atoms with van der Waals surface area (Å²) in [4.78, 5) is 16.6. The van der Waals surface area contributed by atoms with Gasteiger partial charge in [-0.05, 0) is 37.3 Å². The fourth-order valence-corrected chi connectivity index (χ4v) is 2.46. The molecule has 0 saturated heterocycles. The molecular formula is C18H17F2N3O3. The van der Waals surface area contributed by atoms with Crippen LogP contribution in [0.3, 0.4) is 0 Å². The predicted octanol–water partition coefficient (Wildman–Crippen LogP) is 4.18. The lowest BCUT2D eigenvalue weighted by atomic mass is 10.2. The Kier molecular flexibility index (Phi) is 5.01. The lowest BCUT2D eigenvalue weighted by Gasteiger charge is -2.17. The number of amides is 1. The minimum atomic E-state index is -2.97. The van der Waals surface area contributed by atoms with Crippen molar-refractivity contribution in [2.24, 2.45) is 0 Å². The van der Waals surface area contributed by atoms with Crippen LogP contribution in [0.4, 0.5) is 20.2 Å². The Morgan fingerprint density at radius 3 is 2.77 bits per heavy atom. The molecule has 0 aliphatic heterocycles. The van der Waals surface area contributed by atoms with Crippen LogP contribution in [-0.4, -0.2) is 23.5 Å². The second kappa shape index (κ2) is 7.38. The van der Waals surface area contributed by atoms with Crippen LogP contribution >= 0.6 is 0 Å². The summed E-state index contributed by atoms with van der Waals surface area (Å²) in [6.45, 7) is 0.438. The van der Waals surface area contributed by atoms with Crippen LogP contribution in [-0.2, 0) is 4.79 Å². The average Bonchev–Trinajstić information content (AvgIpc) is 2.95. The highest BCUT2D eigenvalue weighted by atomic mass is 19.3. The van der Waals surface area contributed by atoms with Gasteiger partial charge in [0.05, 0.1) is 5.69 Å². The molecule has 1 unspecified atom stereocenters. The molecule has 0 saturated carbocycles. The highest BCUT2D eigenvalue weighted by molar-refractivity contribution is 5.97. The minimum Gasteiger partial charge on any atom is -0.441 e. The molecule has 1 amide bonds. The van der Waals surface area contributed by atoms with Crippen molar-refractivity contribution in [1.82, 2.24) is 4.98 Å². The molecule has 0 radical (unpaired) electrons. The number of anilines is 2. The fraction of sp³-hybridized carbons (Fsp3) is 0.222. The summed E-state index contributed by atoms with van der Waals surface area (Å²) < 4.78 is 34.7. The lowest BCUT2D eigenvalue weighted by molar-refractivity contribution is -0.116. The second-order valence-electron chi connectivity index (χ2n) is 5.65. The molecule has 1 atom stereocenters. The van der Waals surface area contributed by atoms with E-state index in [1.165, 1.54) is 12.1 Å². The van der Waals surface area contributed by atoms with Crippen molar-refractivity contribution < 1.29 is 22.7 Å². The average molecular weight is 361 g/mol. The molecule has 2 aromatic carbocycles. The van der Waals surface area contributed by atoms with Gasteiger partial charge in [0.15, 0.2) is 11.5 Å². The molecule has 0 fully saturated rings. The summed E-state index contributed by atoms with van der Waals surface area (Å²) in [5.74, 6) is 0.0628. The van der Waals surface area contributed by atoms with E-state index in [0.717, 1.165) is 0 Å². The lowest BCUT2D eigenvalue weighted by Crippen LogP contribution is -2.32. The normalized spacial score (nSPS) is 12.2. The molecular weight excluding hydrogens is 344 g/mol. The van der Waals surface area contributed by atoms with Crippen molar-refractivity contribution in [1.29, 1.82) is 0 Å². The zero-order valence-corrected chi connectivity index (χ0v) is 14.1. The molecule has 26 heavy (non-hydrogen) atoms. The molecule has 6 nitrogen and oxygen atoms in total. The van der Waals surface area contributed by atoms with Crippen LogP contribution in [0.15, 0.2) is 46.9 Å². The number of carbonyl (C=O) groups is 1. The van der Waals surface area contributed by atoms with Crippen molar-refractivity contribution in [3.05, 3.63) is 48.4 Å². The van der Waals surface area contributed by atoms with Crippen LogP contribution < -0.4 is 15.4 Å². The molecule has 2 N–H and O–H groups in total. The largest absolute Gasteiger partial charge is 0.441 e. The van der Waals surface area contributed by atoms with Gasteiger partial charge in [0.2, 0.25) is 5.91 Å². The first-order valence-electron chi connectivity index (χ1n) is 7.91. The Morgan fingerprint density at radius 1 is 1.23 bits per heavy atom. The van der Waals surface area contributed by atoms with Gasteiger partial charge in [-0.2, -0.15) is 8.78 Å². The van der Waals surface area contributed by atoms with Crippen LogP contribution in [0.2, 0.25) is 0 Å². The van der Waals surface area contributed by atoms with Gasteiger partial charge in [0.25, 0.3) is 0 Å². The number of aryl methyl sites for hydroxylation is 1. The van der Waals surface area contributed by atoms with Gasteiger partial charge in [0, 0.05) is 12.6 Å². The number of halogens is 2. The number of aromatic nitrogens is 1. The summed E-state index contributed by atoms with van der Waals surface area (Å²) in [6, 6.07) is 10.7. The Labute approximate surface area is 148 Å². The number of hydrogen-bond acceptors (Lipinski definition) is 5. The first-order valence-corrected chi connectivity index (χ1v) is 7.91. The first-order chi connectivity index (χ1) is 12.4. The molecule has 8 heteroatoms. The number of para-hydroxylation sites is 2. The van der Waals surface area contributed by atoms with E-state index in [4.69, 9.17) is 4.42 Å². The Bertz CT molecular complexity index is 927. The topological polar surface area (TPSA) is 76.4 Å². The third-order valence-electron chi connectivity index (χ3n) is 3.63. The molecule has 0 bridgehead atoms. The molecule has 0 aliphatic rings. The van der Waals surface area contributed by atoms with Crippen LogP contribution in [0.1, 0.15) is 12.8 Å². The molecule has 0 spiro atoms. The van der Waals surface area contributed by atoms with E-state index in [2.05, 4.69) is 20.4 Å². The number of benzene rings is 2. The minimum absolute atomic E-state index is 0.0949. The summed E-state index contributed by atoms with van der Waals surface area (Å²) in [5.41, 5.74) is 2.19. The fourth-order valence-electron chi connectivity index (χ4n) is 2.46. The highest BCUT2D eigenvalue weighted by Crippen LogP contribution is 2.26. The van der Waals surface area contributed by atoms with Crippen molar-refractivity contribution in [3.8, 4) is 5.75 Å². The third kappa shape index (κ3) is 4.08. The predicted molar refractivity (Wildman–Crippen MR) is 93.5 cm³/mol. The maximum absolute atomic E-state index is 12.5. The Morgan fingerprint density at radius 2 is 2.00 bits per heavy atom. The van der Waals surface area contributed by atoms with Crippen LogP contribution in [0.25, 0.3) is 11.1 Å². The number of rotatable bonds is 6. The maximum Gasteiger partial charge on any atom is 0.387 e. The second-order valence-corrected chi connectivity index (χ2v) is 5.65. The van der Waals surface area contributed by atoms with Crippen molar-refractivity contribution in [2.45, 2.75) is 26.5 Å². The quantitative estimate of drug-likeness (QED) is 0.689. The first kappa shape index (κ1) is 17.7. The summed E-state index contributed by atoms with van der Waals surface area (Å²) in [5, 5.41) is 5.62. The summed E-state index contributed by atoms with van der Waals surface area (Å²) >= 11 is 0. The number of carbonyl (C=O) groups excluding carboxylic acids is 1. The standard InChI is InChI=1S/C18H17F2N3O3/c1-10(21-12-7-8-16-14(9-12)22-11(2)25-16)17(24)23-13-5-3-4-6-15(13)26-18(19)20/h3-10,18,21H,1-2H3,(H,23,24). The van der Waals surface area contributed by atoms with Crippen molar-refractivity contribution in [2.75, 3.05) is 10.6 Å². The van der Waals surface area contributed by atoms with Gasteiger partial charge in [-0.25, -0.2) is 4.98 Å². The highest BCUT2D eigenvalue weighted by Gasteiger charge is 2.17. The van der Waals surface area contributed by atoms with Crippen molar-refractivity contribution >= 4 is 28.4 Å². The molecule has 3 rings (SSSR count). The molecule has 136 valence electrons. The molecule has 1 heterocycles. The monoisotopic (exact) mass is 361 g/mol. The van der Waals surface area contributed by atoms with E-state index in [0.29, 0.717) is 22.7 Å². The SMILES string of the molecule is Cc1nc2cc(NC(C)C(=O)Nc3ccccc3OC(F)F)ccc2o1. The molecule has 0 aliphatic carbocycles. The van der Waals surface area contributed by atoms with Gasteiger partial charge in [-0.1, -0.05) is 12.1 Å². The van der Waals surface area contributed by atoms with Gasteiger partial charge >= 0.3 is 6.61 Å². The summed E-state index contributed by atoms with van der Waals surface area (Å²) in [7, 11) is 0. The smallest absolute Gasteiger partial charge is 0.387 e. The van der Waals surface area contributed by atoms with E-state index in [1.807, 2.05) is 0 Å². The number of oxazole rings is 1. The van der Waals surface area contributed by atoms with Gasteiger partial charge in [0.1, 0.15) is 17.3 Å². The third-order valence-corrected chi connectivity index (χ3v) is 3.63. The maximum atomic E-state index is 12.5. The number of nitrogens with one attached hydrogen (secondary N) is 2. The summed E-state index contributed by atoms with van der Waals surface area (Å²) in [6.07, 6.45) is 0. The number of nitrogens with zero attached hydrogens (tertiary/aromatic N) is 1. The number of fused-ring (bicyclic) bond motifs is 1.